The maximum absolute atomic E-state index is 12.4. The second-order valence-electron chi connectivity index (χ2n) is 5.74. The molecule has 0 saturated heterocycles. The van der Waals surface area contributed by atoms with Crippen molar-refractivity contribution in [2.45, 2.75) is 51.9 Å². The molecular weight excluding hydrogens is 300 g/mol. The van der Waals surface area contributed by atoms with Gasteiger partial charge in [0.15, 0.2) is 0 Å². The van der Waals surface area contributed by atoms with E-state index in [0.29, 0.717) is 18.1 Å². The Bertz CT molecular complexity index is 419. The first-order valence-corrected chi connectivity index (χ1v) is 8.26. The molecule has 2 rings (SSSR count). The molecule has 104 valence electrons. The third-order valence-electron chi connectivity index (χ3n) is 4.32. The fraction of sp³-hybridized carbons (Fsp3) is 0.588. The van der Waals surface area contributed by atoms with Crippen molar-refractivity contribution < 1.29 is 4.79 Å². The van der Waals surface area contributed by atoms with E-state index in [0.717, 1.165) is 28.8 Å². The first-order chi connectivity index (χ1) is 9.20. The summed E-state index contributed by atoms with van der Waals surface area (Å²) in [7, 11) is 0. The summed E-state index contributed by atoms with van der Waals surface area (Å²) in [4.78, 5) is 12.4. The third kappa shape index (κ3) is 4.17. The molecule has 1 nitrogen and oxygen atoms in total. The monoisotopic (exact) mass is 322 g/mol. The Balaban J connectivity index is 1.87. The van der Waals surface area contributed by atoms with Crippen LogP contribution in [-0.2, 0) is 11.2 Å². The Hall–Kier alpha value is -0.630. The van der Waals surface area contributed by atoms with E-state index in [9.17, 15) is 4.79 Å². The second-order valence-corrected chi connectivity index (χ2v) is 6.60. The Morgan fingerprint density at radius 3 is 2.53 bits per heavy atom. The van der Waals surface area contributed by atoms with Gasteiger partial charge in [-0.2, -0.15) is 0 Å². The van der Waals surface area contributed by atoms with E-state index in [1.54, 1.807) is 0 Å². The van der Waals surface area contributed by atoms with Crippen LogP contribution in [0.2, 0.25) is 0 Å². The van der Waals surface area contributed by atoms with Crippen molar-refractivity contribution in [3.05, 3.63) is 34.3 Å². The van der Waals surface area contributed by atoms with Crippen molar-refractivity contribution in [1.29, 1.82) is 0 Å². The van der Waals surface area contributed by atoms with Crippen LogP contribution in [0.4, 0.5) is 0 Å². The van der Waals surface area contributed by atoms with E-state index >= 15 is 0 Å². The number of Topliss-reactive ketones (excluding diaryl/α,β-unsaturated/α-hetero) is 1. The minimum Gasteiger partial charge on any atom is -0.299 e. The molecular formula is C17H23BrO. The van der Waals surface area contributed by atoms with Crippen molar-refractivity contribution >= 4 is 21.7 Å². The topological polar surface area (TPSA) is 17.1 Å². The van der Waals surface area contributed by atoms with Gasteiger partial charge in [-0.3, -0.25) is 4.79 Å². The van der Waals surface area contributed by atoms with Crippen LogP contribution in [0.5, 0.6) is 0 Å². The number of ketones is 1. The van der Waals surface area contributed by atoms with Gasteiger partial charge < -0.3 is 0 Å². The minimum atomic E-state index is 0.306. The molecule has 0 bridgehead atoms. The maximum atomic E-state index is 12.4. The van der Waals surface area contributed by atoms with Crippen LogP contribution < -0.4 is 0 Å². The summed E-state index contributed by atoms with van der Waals surface area (Å²) in [6, 6.07) is 8.06. The molecule has 0 aromatic heterocycles. The number of halogens is 1. The number of benzene rings is 1. The highest BCUT2D eigenvalue weighted by Crippen LogP contribution is 2.32. The van der Waals surface area contributed by atoms with E-state index in [-0.39, 0.29) is 0 Å². The second kappa shape index (κ2) is 7.23. The highest BCUT2D eigenvalue weighted by Gasteiger charge is 2.25. The Labute approximate surface area is 124 Å². The summed E-state index contributed by atoms with van der Waals surface area (Å²) in [6.07, 6.45) is 7.91. The summed E-state index contributed by atoms with van der Waals surface area (Å²) >= 11 is 3.53. The summed E-state index contributed by atoms with van der Waals surface area (Å²) in [5.41, 5.74) is 1.13. The van der Waals surface area contributed by atoms with Gasteiger partial charge in [-0.1, -0.05) is 53.9 Å². The van der Waals surface area contributed by atoms with Crippen LogP contribution >= 0.6 is 15.9 Å². The van der Waals surface area contributed by atoms with Gasteiger partial charge in [0, 0.05) is 16.8 Å². The Kier molecular flexibility index (Phi) is 5.62. The standard InChI is InChI=1S/C17H23BrO/c1-2-5-13-8-10-14(11-9-13)17(19)12-15-6-3-4-7-16(15)18/h3-4,6-7,13-14H,2,5,8-12H2,1H3. The number of carbonyl (C=O) groups is 1. The van der Waals surface area contributed by atoms with Crippen LogP contribution in [0.25, 0.3) is 0 Å². The maximum Gasteiger partial charge on any atom is 0.140 e. The summed E-state index contributed by atoms with van der Waals surface area (Å²) in [6.45, 7) is 2.25. The number of hydrogen-bond acceptors (Lipinski definition) is 1. The lowest BCUT2D eigenvalue weighted by atomic mass is 9.77. The molecule has 19 heavy (non-hydrogen) atoms. The van der Waals surface area contributed by atoms with Crippen molar-refractivity contribution in [1.82, 2.24) is 0 Å². The SMILES string of the molecule is CCCC1CCC(C(=O)Cc2ccccc2Br)CC1. The van der Waals surface area contributed by atoms with Crippen molar-refractivity contribution in [3.8, 4) is 0 Å². The first-order valence-electron chi connectivity index (χ1n) is 7.46. The molecule has 1 aliphatic rings. The zero-order chi connectivity index (χ0) is 13.7. The quantitative estimate of drug-likeness (QED) is 0.731. The van der Waals surface area contributed by atoms with Crippen LogP contribution in [0.1, 0.15) is 51.0 Å². The molecule has 1 saturated carbocycles. The fourth-order valence-electron chi connectivity index (χ4n) is 3.16. The minimum absolute atomic E-state index is 0.306. The van der Waals surface area contributed by atoms with Crippen LogP contribution in [0.3, 0.4) is 0 Å². The summed E-state index contributed by atoms with van der Waals surface area (Å²) < 4.78 is 1.06. The van der Waals surface area contributed by atoms with Gasteiger partial charge in [-0.25, -0.2) is 0 Å². The molecule has 2 heteroatoms. The number of rotatable bonds is 5. The molecule has 0 atom stereocenters. The van der Waals surface area contributed by atoms with Crippen molar-refractivity contribution in [2.75, 3.05) is 0 Å². The smallest absolute Gasteiger partial charge is 0.140 e. The van der Waals surface area contributed by atoms with Gasteiger partial charge in [0.2, 0.25) is 0 Å². The van der Waals surface area contributed by atoms with E-state index < -0.39 is 0 Å². The molecule has 0 radical (unpaired) electrons. The van der Waals surface area contributed by atoms with Crippen molar-refractivity contribution in [2.24, 2.45) is 11.8 Å². The Morgan fingerprint density at radius 1 is 1.21 bits per heavy atom. The zero-order valence-corrected chi connectivity index (χ0v) is 13.3. The zero-order valence-electron chi connectivity index (χ0n) is 11.7. The Morgan fingerprint density at radius 2 is 1.89 bits per heavy atom. The van der Waals surface area contributed by atoms with Crippen LogP contribution in [0, 0.1) is 11.8 Å². The fourth-order valence-corrected chi connectivity index (χ4v) is 3.58. The van der Waals surface area contributed by atoms with Crippen molar-refractivity contribution in [3.63, 3.8) is 0 Å². The molecule has 1 aromatic carbocycles. The van der Waals surface area contributed by atoms with E-state index in [2.05, 4.69) is 22.9 Å². The molecule has 1 fully saturated rings. The summed E-state index contributed by atoms with van der Waals surface area (Å²) in [5, 5.41) is 0. The average molecular weight is 323 g/mol. The number of hydrogen-bond donors (Lipinski definition) is 0. The molecule has 0 N–H and O–H groups in total. The first kappa shape index (κ1) is 14.8. The number of carbonyl (C=O) groups excluding carboxylic acids is 1. The van der Waals surface area contributed by atoms with Crippen LogP contribution in [0.15, 0.2) is 28.7 Å². The third-order valence-corrected chi connectivity index (χ3v) is 5.10. The average Bonchev–Trinajstić information content (AvgIpc) is 2.42. The molecule has 0 spiro atoms. The van der Waals surface area contributed by atoms with Crippen LogP contribution in [-0.4, -0.2) is 5.78 Å². The highest BCUT2D eigenvalue weighted by molar-refractivity contribution is 9.10. The van der Waals surface area contributed by atoms with E-state index in [1.807, 2.05) is 24.3 Å². The predicted molar refractivity (Wildman–Crippen MR) is 83.2 cm³/mol. The molecule has 0 heterocycles. The van der Waals surface area contributed by atoms with Gasteiger partial charge in [0.05, 0.1) is 0 Å². The molecule has 1 aliphatic carbocycles. The van der Waals surface area contributed by atoms with Gasteiger partial charge in [-0.05, 0) is 43.2 Å². The molecule has 0 amide bonds. The van der Waals surface area contributed by atoms with E-state index in [4.69, 9.17) is 0 Å². The normalized spacial score (nSPS) is 23.3. The molecule has 0 aliphatic heterocycles. The summed E-state index contributed by atoms with van der Waals surface area (Å²) in [5.74, 6) is 1.61. The lowest BCUT2D eigenvalue weighted by Gasteiger charge is -2.27. The van der Waals surface area contributed by atoms with Gasteiger partial charge >= 0.3 is 0 Å². The highest BCUT2D eigenvalue weighted by atomic mass is 79.9. The lowest BCUT2D eigenvalue weighted by Crippen LogP contribution is -2.23. The lowest BCUT2D eigenvalue weighted by molar-refractivity contribution is -0.123. The van der Waals surface area contributed by atoms with Gasteiger partial charge in [0.25, 0.3) is 0 Å². The predicted octanol–water partition coefficient (Wildman–Crippen LogP) is 5.17. The largest absolute Gasteiger partial charge is 0.299 e. The molecule has 0 unspecified atom stereocenters. The van der Waals surface area contributed by atoms with Gasteiger partial charge in [-0.15, -0.1) is 0 Å². The molecule has 1 aromatic rings. The van der Waals surface area contributed by atoms with Gasteiger partial charge in [0.1, 0.15) is 5.78 Å². The van der Waals surface area contributed by atoms with E-state index in [1.165, 1.54) is 25.7 Å².